The van der Waals surface area contributed by atoms with Crippen molar-refractivity contribution in [2.24, 2.45) is 0 Å². The summed E-state index contributed by atoms with van der Waals surface area (Å²) in [6, 6.07) is 21.6. The molecule has 2 N–H and O–H groups in total. The van der Waals surface area contributed by atoms with Crippen LogP contribution < -0.4 is 15.4 Å². The first-order chi connectivity index (χ1) is 18.1. The van der Waals surface area contributed by atoms with E-state index in [0.29, 0.717) is 35.2 Å². The Labute approximate surface area is 214 Å². The van der Waals surface area contributed by atoms with E-state index in [0.717, 1.165) is 22.4 Å². The lowest BCUT2D eigenvalue weighted by Crippen LogP contribution is -2.46. The third-order valence-corrected chi connectivity index (χ3v) is 6.21. The maximum atomic E-state index is 13.5. The highest BCUT2D eigenvalue weighted by Gasteiger charge is 2.34. The second-order valence-corrected chi connectivity index (χ2v) is 8.64. The van der Waals surface area contributed by atoms with Crippen LogP contribution in [0.5, 0.6) is 5.75 Å². The molecule has 1 unspecified atom stereocenters. The first kappa shape index (κ1) is 24.0. The molecule has 0 saturated carbocycles. The molecule has 1 atom stereocenters. The van der Waals surface area contributed by atoms with E-state index in [1.807, 2.05) is 72.8 Å². The van der Waals surface area contributed by atoms with Crippen LogP contribution in [0.3, 0.4) is 0 Å². The van der Waals surface area contributed by atoms with Crippen LogP contribution in [0.1, 0.15) is 29.2 Å². The van der Waals surface area contributed by atoms with E-state index in [1.54, 1.807) is 19.5 Å². The first-order valence-corrected chi connectivity index (χ1v) is 12.0. The topological polar surface area (TPSA) is 102 Å². The molecule has 0 radical (unpaired) electrons. The van der Waals surface area contributed by atoms with Crippen LogP contribution in [0, 0.1) is 0 Å². The highest BCUT2D eigenvalue weighted by atomic mass is 16.5. The zero-order valence-corrected chi connectivity index (χ0v) is 20.3. The number of urea groups is 1. The Balaban J connectivity index is 1.50. The number of carbonyl (C=O) groups excluding carboxylic acids is 2. The number of hydrogen-bond donors (Lipinski definition) is 2. The zero-order valence-electron chi connectivity index (χ0n) is 20.3. The molecule has 2 heterocycles. The number of nitrogens with one attached hydrogen (secondary N) is 2. The Hall–Kier alpha value is -4.72. The van der Waals surface area contributed by atoms with Gasteiger partial charge in [0.25, 0.3) is 0 Å². The third kappa shape index (κ3) is 5.59. The molecule has 4 aromatic rings. The Morgan fingerprint density at radius 3 is 2.49 bits per heavy atom. The van der Waals surface area contributed by atoms with Gasteiger partial charge < -0.3 is 20.1 Å². The number of benzene rings is 3. The maximum absolute atomic E-state index is 13.5. The van der Waals surface area contributed by atoms with Gasteiger partial charge in [0.05, 0.1) is 29.8 Å². The Bertz CT molecular complexity index is 1470. The van der Waals surface area contributed by atoms with Gasteiger partial charge in [0.15, 0.2) is 0 Å². The van der Waals surface area contributed by atoms with Crippen molar-refractivity contribution in [3.63, 3.8) is 0 Å². The number of aromatic nitrogens is 2. The van der Waals surface area contributed by atoms with Crippen molar-refractivity contribution in [3.05, 3.63) is 113 Å². The summed E-state index contributed by atoms with van der Waals surface area (Å²) in [4.78, 5) is 34.9. The minimum atomic E-state index is -0.705. The Morgan fingerprint density at radius 1 is 0.892 bits per heavy atom. The molecule has 0 spiro atoms. The van der Waals surface area contributed by atoms with Crippen LogP contribution in [0.2, 0.25) is 0 Å². The molecular weight excluding hydrogens is 468 g/mol. The zero-order chi connectivity index (χ0) is 25.6. The fourth-order valence-corrected chi connectivity index (χ4v) is 4.36. The lowest BCUT2D eigenvalue weighted by Gasteiger charge is -2.29. The summed E-state index contributed by atoms with van der Waals surface area (Å²) in [5.74, 6) is 0.250. The van der Waals surface area contributed by atoms with Crippen LogP contribution in [0.4, 0.5) is 4.79 Å². The minimum absolute atomic E-state index is 0.121. The molecule has 37 heavy (non-hydrogen) atoms. The standard InChI is InChI=1S/C29H26N4O4/c1-36-22-9-5-8-19(16-22)10-12-24-26(28(34)37-18-20-6-3-2-4-7-20)27(33-29(35)32-24)21-11-13-23-25(17-21)31-15-14-30-23/h2-9,11,13-17,27H,10,12,18H2,1H3,(H2,32,33,35). The summed E-state index contributed by atoms with van der Waals surface area (Å²) in [7, 11) is 1.62. The lowest BCUT2D eigenvalue weighted by molar-refractivity contribution is -0.140. The van der Waals surface area contributed by atoms with E-state index in [-0.39, 0.29) is 12.6 Å². The molecule has 0 aliphatic carbocycles. The van der Waals surface area contributed by atoms with Crippen molar-refractivity contribution in [1.82, 2.24) is 20.6 Å². The maximum Gasteiger partial charge on any atom is 0.338 e. The van der Waals surface area contributed by atoms with Crippen LogP contribution in [0.25, 0.3) is 11.0 Å². The fourth-order valence-electron chi connectivity index (χ4n) is 4.36. The van der Waals surface area contributed by atoms with E-state index in [1.165, 1.54) is 0 Å². The van der Waals surface area contributed by atoms with Crippen LogP contribution in [-0.2, 0) is 22.6 Å². The Morgan fingerprint density at radius 2 is 1.68 bits per heavy atom. The summed E-state index contributed by atoms with van der Waals surface area (Å²) >= 11 is 0. The Kier molecular flexibility index (Phi) is 7.07. The lowest BCUT2D eigenvalue weighted by atomic mass is 9.92. The monoisotopic (exact) mass is 494 g/mol. The molecule has 8 nitrogen and oxygen atoms in total. The summed E-state index contributed by atoms with van der Waals surface area (Å²) in [6.45, 7) is 0.121. The molecule has 1 aliphatic heterocycles. The van der Waals surface area contributed by atoms with Gasteiger partial charge in [-0.25, -0.2) is 9.59 Å². The highest BCUT2D eigenvalue weighted by molar-refractivity contribution is 5.95. The van der Waals surface area contributed by atoms with Gasteiger partial charge in [-0.2, -0.15) is 0 Å². The van der Waals surface area contributed by atoms with Crippen molar-refractivity contribution in [2.75, 3.05) is 7.11 Å². The molecule has 8 heteroatoms. The average molecular weight is 495 g/mol. The third-order valence-electron chi connectivity index (χ3n) is 6.21. The number of hydrogen-bond acceptors (Lipinski definition) is 6. The van der Waals surface area contributed by atoms with Crippen molar-refractivity contribution in [3.8, 4) is 5.75 Å². The molecule has 0 bridgehead atoms. The second-order valence-electron chi connectivity index (χ2n) is 8.64. The molecule has 3 aromatic carbocycles. The van der Waals surface area contributed by atoms with Crippen molar-refractivity contribution in [1.29, 1.82) is 0 Å². The van der Waals surface area contributed by atoms with E-state index in [2.05, 4.69) is 20.6 Å². The molecule has 186 valence electrons. The smallest absolute Gasteiger partial charge is 0.338 e. The molecule has 0 fully saturated rings. The molecule has 5 rings (SSSR count). The van der Waals surface area contributed by atoms with Gasteiger partial charge in [-0.1, -0.05) is 48.5 Å². The largest absolute Gasteiger partial charge is 0.497 e. The summed E-state index contributed by atoms with van der Waals surface area (Å²) in [5.41, 5.74) is 4.89. The van der Waals surface area contributed by atoms with Crippen molar-refractivity contribution >= 4 is 23.0 Å². The number of carbonyl (C=O) groups is 2. The number of methoxy groups -OCH3 is 1. The number of nitrogens with zero attached hydrogens (tertiary/aromatic N) is 2. The number of rotatable bonds is 8. The molecule has 1 aromatic heterocycles. The number of fused-ring (bicyclic) bond motifs is 1. The van der Waals surface area contributed by atoms with Gasteiger partial charge in [0.1, 0.15) is 12.4 Å². The highest BCUT2D eigenvalue weighted by Crippen LogP contribution is 2.31. The van der Waals surface area contributed by atoms with Gasteiger partial charge in [0, 0.05) is 18.1 Å². The normalized spacial score (nSPS) is 15.2. The quantitative estimate of drug-likeness (QED) is 0.347. The number of allylic oxidation sites excluding steroid dienone is 1. The first-order valence-electron chi connectivity index (χ1n) is 12.0. The summed E-state index contributed by atoms with van der Waals surface area (Å²) < 4.78 is 11.1. The SMILES string of the molecule is COc1cccc(CCC2=C(C(=O)OCc3ccccc3)C(c3ccc4nccnc4c3)NC(=O)N2)c1. The van der Waals surface area contributed by atoms with Gasteiger partial charge in [-0.3, -0.25) is 9.97 Å². The van der Waals surface area contributed by atoms with Crippen molar-refractivity contribution < 1.29 is 19.1 Å². The fraction of sp³-hybridized carbons (Fsp3) is 0.172. The van der Waals surface area contributed by atoms with Gasteiger partial charge in [-0.05, 0) is 53.8 Å². The van der Waals surface area contributed by atoms with E-state index in [4.69, 9.17) is 9.47 Å². The number of ether oxygens (including phenoxy) is 2. The van der Waals surface area contributed by atoms with E-state index in [9.17, 15) is 9.59 Å². The summed E-state index contributed by atoms with van der Waals surface area (Å²) in [5, 5.41) is 5.75. The van der Waals surface area contributed by atoms with E-state index < -0.39 is 12.0 Å². The van der Waals surface area contributed by atoms with Gasteiger partial charge >= 0.3 is 12.0 Å². The van der Waals surface area contributed by atoms with Crippen LogP contribution in [-0.4, -0.2) is 29.1 Å². The van der Waals surface area contributed by atoms with Gasteiger partial charge in [-0.15, -0.1) is 0 Å². The molecule has 0 saturated heterocycles. The minimum Gasteiger partial charge on any atom is -0.497 e. The molecule has 1 aliphatic rings. The average Bonchev–Trinajstić information content (AvgIpc) is 2.95. The van der Waals surface area contributed by atoms with Crippen LogP contribution >= 0.6 is 0 Å². The molecular formula is C29H26N4O4. The number of esters is 1. The second kappa shape index (κ2) is 10.9. The summed E-state index contributed by atoms with van der Waals surface area (Å²) in [6.07, 6.45) is 4.26. The number of amides is 2. The predicted molar refractivity (Wildman–Crippen MR) is 139 cm³/mol. The predicted octanol–water partition coefficient (Wildman–Crippen LogP) is 4.62. The van der Waals surface area contributed by atoms with Crippen LogP contribution in [0.15, 0.2) is 96.5 Å². The van der Waals surface area contributed by atoms with Crippen molar-refractivity contribution in [2.45, 2.75) is 25.5 Å². The number of aryl methyl sites for hydroxylation is 1. The van der Waals surface area contributed by atoms with E-state index >= 15 is 0 Å². The molecule has 2 amide bonds. The van der Waals surface area contributed by atoms with Gasteiger partial charge in [0.2, 0.25) is 0 Å².